The quantitative estimate of drug-likeness (QED) is 0.602. The summed E-state index contributed by atoms with van der Waals surface area (Å²) in [4.78, 5) is 16.9. The normalized spacial score (nSPS) is 26.8. The Morgan fingerprint density at radius 1 is 1.11 bits per heavy atom. The third kappa shape index (κ3) is 4.33. The number of aryl methyl sites for hydroxylation is 3. The van der Waals surface area contributed by atoms with Crippen LogP contribution < -0.4 is 9.84 Å². The number of rotatable bonds is 5. The third-order valence-electron chi connectivity index (χ3n) is 8.77. The molecule has 0 saturated carbocycles. The van der Waals surface area contributed by atoms with Crippen LogP contribution in [-0.2, 0) is 6.42 Å². The van der Waals surface area contributed by atoms with E-state index >= 15 is 0 Å². The number of carboxylic acid groups (broad SMARTS) is 1. The van der Waals surface area contributed by atoms with Crippen molar-refractivity contribution in [3.63, 3.8) is 0 Å². The van der Waals surface area contributed by atoms with Crippen LogP contribution in [-0.4, -0.2) is 48.2 Å². The molecular weight excluding hydrogens is 436 g/mol. The molecule has 1 amide bonds. The molecule has 2 aromatic carbocycles. The minimum Gasteiger partial charge on any atom is -0.530 e. The van der Waals surface area contributed by atoms with Gasteiger partial charge in [-0.3, -0.25) is 0 Å². The maximum absolute atomic E-state index is 12.7. The lowest BCUT2D eigenvalue weighted by Gasteiger charge is -2.56. The smallest absolute Gasteiger partial charge is 0.137 e. The summed E-state index contributed by atoms with van der Waals surface area (Å²) >= 11 is 0. The van der Waals surface area contributed by atoms with E-state index in [4.69, 9.17) is 4.74 Å². The van der Waals surface area contributed by atoms with Gasteiger partial charge >= 0.3 is 0 Å². The van der Waals surface area contributed by atoms with Gasteiger partial charge in [-0.15, -0.1) is 0 Å². The number of ether oxygens (including phenoxy) is 1. The van der Waals surface area contributed by atoms with Gasteiger partial charge in [0.15, 0.2) is 0 Å². The molecule has 0 aromatic heterocycles. The lowest BCUT2D eigenvalue weighted by Crippen LogP contribution is -2.63. The summed E-state index contributed by atoms with van der Waals surface area (Å²) in [5.41, 5.74) is 6.93. The van der Waals surface area contributed by atoms with E-state index in [-0.39, 0.29) is 17.5 Å². The molecule has 3 aliphatic heterocycles. The molecule has 3 saturated heterocycles. The second-order valence-electron chi connectivity index (χ2n) is 11.6. The van der Waals surface area contributed by atoms with E-state index in [2.05, 4.69) is 62.9 Å². The molecule has 5 heteroatoms. The molecule has 3 heterocycles. The molecule has 0 unspecified atom stereocenters. The minimum absolute atomic E-state index is 0.0220. The fourth-order valence-electron chi connectivity index (χ4n) is 6.98. The first-order valence-electron chi connectivity index (χ1n) is 13.3. The van der Waals surface area contributed by atoms with Crippen molar-refractivity contribution in [2.75, 3.05) is 26.2 Å². The first-order valence-corrected chi connectivity index (χ1v) is 13.3. The van der Waals surface area contributed by atoms with Gasteiger partial charge in [0.25, 0.3) is 0 Å². The highest BCUT2D eigenvalue weighted by Crippen LogP contribution is 2.50. The second kappa shape index (κ2) is 9.16. The minimum atomic E-state index is -1.02. The predicted molar refractivity (Wildman–Crippen MR) is 138 cm³/mol. The highest BCUT2D eigenvalue weighted by Gasteiger charge is 2.46. The van der Waals surface area contributed by atoms with Crippen LogP contribution in [0.4, 0.5) is 4.79 Å². The van der Waals surface area contributed by atoms with E-state index < -0.39 is 6.09 Å². The molecule has 3 fully saturated rings. The molecule has 0 radical (unpaired) electrons. The van der Waals surface area contributed by atoms with Crippen molar-refractivity contribution in [2.24, 2.45) is 11.3 Å². The fourth-order valence-corrected chi connectivity index (χ4v) is 6.98. The van der Waals surface area contributed by atoms with Gasteiger partial charge in [0.05, 0.1) is 12.6 Å². The summed E-state index contributed by atoms with van der Waals surface area (Å²) < 4.78 is 5.84. The molecule has 35 heavy (non-hydrogen) atoms. The highest BCUT2D eigenvalue weighted by atomic mass is 16.5. The molecule has 6 rings (SSSR count). The molecule has 188 valence electrons. The van der Waals surface area contributed by atoms with Crippen LogP contribution in [0, 0.1) is 25.2 Å². The molecule has 1 aliphatic carbocycles. The zero-order valence-corrected chi connectivity index (χ0v) is 21.9. The number of amides is 1. The van der Waals surface area contributed by atoms with Gasteiger partial charge in [-0.1, -0.05) is 32.0 Å². The van der Waals surface area contributed by atoms with Gasteiger partial charge in [-0.2, -0.15) is 0 Å². The summed E-state index contributed by atoms with van der Waals surface area (Å²) in [6, 6.07) is 10.9. The van der Waals surface area contributed by atoms with Crippen LogP contribution in [0.3, 0.4) is 0 Å². The van der Waals surface area contributed by atoms with E-state index in [1.54, 1.807) is 4.90 Å². The van der Waals surface area contributed by atoms with E-state index in [0.717, 1.165) is 67.8 Å². The first-order chi connectivity index (χ1) is 16.7. The monoisotopic (exact) mass is 475 g/mol. The first kappa shape index (κ1) is 24.2. The molecule has 0 N–H and O–H groups in total. The Morgan fingerprint density at radius 3 is 2.37 bits per heavy atom. The standard InChI is InChI=1S/C30H40N2O3/c1-6-35-27-19(2)15-24(16-20(27)3)22-7-8-25-23(17-22)9-12-30(4,5)28(25)32(29(33)34)26-18-31-13-10-21(26)11-14-31/h7-8,15-17,21,26,28H,6,9-14,18H2,1-5H3,(H,33,34)/p-1/t26-,28+/m1/s1. The van der Waals surface area contributed by atoms with Crippen molar-refractivity contribution in [1.29, 1.82) is 0 Å². The molecule has 2 aromatic rings. The van der Waals surface area contributed by atoms with Crippen molar-refractivity contribution in [1.82, 2.24) is 9.80 Å². The van der Waals surface area contributed by atoms with Gasteiger partial charge in [0.1, 0.15) is 11.8 Å². The number of carbonyl (C=O) groups excluding carboxylic acids is 1. The maximum Gasteiger partial charge on any atom is 0.137 e. The summed E-state index contributed by atoms with van der Waals surface area (Å²) in [6.07, 6.45) is 3.08. The summed E-state index contributed by atoms with van der Waals surface area (Å²) in [5.74, 6) is 1.41. The Balaban J connectivity index is 1.53. The molecular formula is C30H39N2O3-. The van der Waals surface area contributed by atoms with Crippen LogP contribution in [0.15, 0.2) is 30.3 Å². The number of carbonyl (C=O) groups is 1. The Labute approximate surface area is 210 Å². The van der Waals surface area contributed by atoms with Crippen LogP contribution in [0.25, 0.3) is 11.1 Å². The lowest BCUT2D eigenvalue weighted by molar-refractivity contribution is -0.277. The maximum atomic E-state index is 12.7. The molecule has 5 nitrogen and oxygen atoms in total. The average molecular weight is 476 g/mol. The number of hydrogen-bond acceptors (Lipinski definition) is 4. The summed E-state index contributed by atoms with van der Waals surface area (Å²) in [5, 5.41) is 12.7. The molecule has 0 spiro atoms. The van der Waals surface area contributed by atoms with Crippen molar-refractivity contribution in [2.45, 2.75) is 72.4 Å². The van der Waals surface area contributed by atoms with Crippen molar-refractivity contribution < 1.29 is 14.6 Å². The molecule has 4 aliphatic rings. The number of benzene rings is 2. The Hall–Kier alpha value is -2.53. The lowest BCUT2D eigenvalue weighted by atomic mass is 9.68. The van der Waals surface area contributed by atoms with Crippen molar-refractivity contribution in [3.05, 3.63) is 52.6 Å². The highest BCUT2D eigenvalue weighted by molar-refractivity contribution is 5.70. The van der Waals surface area contributed by atoms with Crippen LogP contribution in [0.5, 0.6) is 5.75 Å². The number of hydrogen-bond donors (Lipinski definition) is 0. The largest absolute Gasteiger partial charge is 0.530 e. The summed E-state index contributed by atoms with van der Waals surface area (Å²) in [7, 11) is 0. The van der Waals surface area contributed by atoms with E-state index in [9.17, 15) is 9.90 Å². The van der Waals surface area contributed by atoms with E-state index in [0.29, 0.717) is 12.5 Å². The van der Waals surface area contributed by atoms with Gasteiger partial charge in [0.2, 0.25) is 0 Å². The van der Waals surface area contributed by atoms with Gasteiger partial charge < -0.3 is 24.4 Å². The van der Waals surface area contributed by atoms with E-state index in [1.807, 2.05) is 6.92 Å². The van der Waals surface area contributed by atoms with Crippen LogP contribution in [0.1, 0.15) is 68.3 Å². The number of nitrogens with zero attached hydrogens (tertiary/aromatic N) is 2. The Kier molecular flexibility index (Phi) is 6.33. The van der Waals surface area contributed by atoms with Gasteiger partial charge in [-0.05, 0) is 116 Å². The zero-order valence-electron chi connectivity index (χ0n) is 21.9. The van der Waals surface area contributed by atoms with Crippen molar-refractivity contribution in [3.8, 4) is 16.9 Å². The summed E-state index contributed by atoms with van der Waals surface area (Å²) in [6.45, 7) is 14.4. The van der Waals surface area contributed by atoms with Gasteiger partial charge in [0, 0.05) is 12.6 Å². The van der Waals surface area contributed by atoms with E-state index in [1.165, 1.54) is 16.7 Å². The third-order valence-corrected chi connectivity index (χ3v) is 8.77. The Bertz CT molecular complexity index is 1090. The van der Waals surface area contributed by atoms with Crippen molar-refractivity contribution >= 4 is 6.09 Å². The average Bonchev–Trinajstić information content (AvgIpc) is 2.83. The predicted octanol–water partition coefficient (Wildman–Crippen LogP) is 5.12. The number of piperidine rings is 3. The van der Waals surface area contributed by atoms with Gasteiger partial charge in [-0.25, -0.2) is 0 Å². The second-order valence-corrected chi connectivity index (χ2v) is 11.6. The molecule has 2 atom stereocenters. The topological polar surface area (TPSA) is 55.8 Å². The van der Waals surface area contributed by atoms with Crippen LogP contribution in [0.2, 0.25) is 0 Å². The zero-order chi connectivity index (χ0) is 24.9. The SMILES string of the molecule is CCOc1c(C)cc(-c2ccc3c(c2)CCC(C)(C)[C@H]3N(C(=O)[O-])[C@@H]2CN3CCC2CC3)cc1C. The number of fused-ring (bicyclic) bond motifs is 4. The fraction of sp³-hybridized carbons (Fsp3) is 0.567. The molecule has 2 bridgehead atoms. The van der Waals surface area contributed by atoms with Crippen LogP contribution >= 0.6 is 0 Å². The Morgan fingerprint density at radius 2 is 1.80 bits per heavy atom.